The molecule has 7 nitrogen and oxygen atoms in total. The summed E-state index contributed by atoms with van der Waals surface area (Å²) in [4.78, 5) is 12.6. The molecular formula is C19H14N4O3S3. The highest BCUT2D eigenvalue weighted by atomic mass is 32.2. The summed E-state index contributed by atoms with van der Waals surface area (Å²) < 4.78 is 27.2. The van der Waals surface area contributed by atoms with Gasteiger partial charge in [0.25, 0.3) is 15.9 Å². The molecule has 0 saturated heterocycles. The van der Waals surface area contributed by atoms with E-state index in [4.69, 9.17) is 0 Å². The third-order valence-corrected chi connectivity index (χ3v) is 6.83. The number of hydrogen-bond donors (Lipinski definition) is 2. The fourth-order valence-electron chi connectivity index (χ4n) is 2.45. The molecule has 0 spiro atoms. The van der Waals surface area contributed by atoms with Gasteiger partial charge in [0.15, 0.2) is 0 Å². The van der Waals surface area contributed by atoms with Gasteiger partial charge in [0.2, 0.25) is 5.13 Å². The predicted octanol–water partition coefficient (Wildman–Crippen LogP) is 4.32. The van der Waals surface area contributed by atoms with E-state index < -0.39 is 10.0 Å². The third-order valence-electron chi connectivity index (χ3n) is 3.87. The zero-order valence-corrected chi connectivity index (χ0v) is 17.2. The first-order chi connectivity index (χ1) is 14.0. The second-order valence-electron chi connectivity index (χ2n) is 5.87. The molecule has 29 heavy (non-hydrogen) atoms. The number of rotatable bonds is 6. The van der Waals surface area contributed by atoms with E-state index in [0.29, 0.717) is 16.4 Å². The largest absolute Gasteiger partial charge is 0.296 e. The number of carbonyl (C=O) groups excluding carboxylic acids is 1. The molecule has 0 unspecified atom stereocenters. The Morgan fingerprint density at radius 2 is 1.69 bits per heavy atom. The Hall–Kier alpha value is -3.08. The number of aromatic nitrogens is 2. The molecule has 0 fully saturated rings. The number of benzene rings is 2. The monoisotopic (exact) mass is 442 g/mol. The lowest BCUT2D eigenvalue weighted by molar-refractivity contribution is 0.102. The molecule has 0 saturated carbocycles. The van der Waals surface area contributed by atoms with Gasteiger partial charge in [-0.2, -0.15) is 11.3 Å². The molecule has 4 aromatic rings. The van der Waals surface area contributed by atoms with Crippen LogP contribution in [0.1, 0.15) is 10.4 Å². The Labute approximate surface area is 175 Å². The van der Waals surface area contributed by atoms with Crippen molar-refractivity contribution in [2.45, 2.75) is 4.90 Å². The van der Waals surface area contributed by atoms with Crippen molar-refractivity contribution in [3.63, 3.8) is 0 Å². The van der Waals surface area contributed by atoms with E-state index in [0.717, 1.165) is 10.6 Å². The van der Waals surface area contributed by atoms with E-state index in [1.807, 2.05) is 16.8 Å². The highest BCUT2D eigenvalue weighted by Gasteiger charge is 2.15. The lowest BCUT2D eigenvalue weighted by atomic mass is 10.2. The van der Waals surface area contributed by atoms with E-state index in [1.165, 1.54) is 35.6 Å². The topological polar surface area (TPSA) is 101 Å². The maximum absolute atomic E-state index is 12.4. The summed E-state index contributed by atoms with van der Waals surface area (Å²) in [5.74, 6) is -0.351. The standard InChI is InChI=1S/C19H14N4O3S3/c24-17(20-19-22-21-18(28-19)14-10-11-27-12-14)13-6-8-15(9-7-13)23-29(25,26)16-4-2-1-3-5-16/h1-12,23H,(H,20,22,24). The van der Waals surface area contributed by atoms with Crippen LogP contribution < -0.4 is 10.0 Å². The number of nitrogens with zero attached hydrogens (tertiary/aromatic N) is 2. The number of carbonyl (C=O) groups is 1. The fraction of sp³-hybridized carbons (Fsp3) is 0. The predicted molar refractivity (Wildman–Crippen MR) is 115 cm³/mol. The van der Waals surface area contributed by atoms with Crippen LogP contribution in [0.5, 0.6) is 0 Å². The van der Waals surface area contributed by atoms with Crippen LogP contribution >= 0.6 is 22.7 Å². The maximum Gasteiger partial charge on any atom is 0.261 e. The number of anilines is 2. The maximum atomic E-state index is 12.4. The number of amides is 1. The average Bonchev–Trinajstić information content (AvgIpc) is 3.41. The first kappa shape index (κ1) is 19.2. The Morgan fingerprint density at radius 1 is 0.931 bits per heavy atom. The van der Waals surface area contributed by atoms with Crippen molar-refractivity contribution < 1.29 is 13.2 Å². The van der Waals surface area contributed by atoms with E-state index in [1.54, 1.807) is 41.7 Å². The molecule has 0 aliphatic carbocycles. The van der Waals surface area contributed by atoms with Crippen molar-refractivity contribution in [2.24, 2.45) is 0 Å². The van der Waals surface area contributed by atoms with Crippen LogP contribution in [0.3, 0.4) is 0 Å². The minimum Gasteiger partial charge on any atom is -0.296 e. The molecule has 0 radical (unpaired) electrons. The molecule has 146 valence electrons. The Bertz CT molecular complexity index is 1220. The second-order valence-corrected chi connectivity index (χ2v) is 9.31. The minimum atomic E-state index is -3.68. The number of hydrogen-bond acceptors (Lipinski definition) is 7. The number of thiophene rings is 1. The van der Waals surface area contributed by atoms with Crippen LogP contribution in [-0.2, 0) is 10.0 Å². The summed E-state index contributed by atoms with van der Waals surface area (Å²) in [5, 5.41) is 15.8. The average molecular weight is 443 g/mol. The van der Waals surface area contributed by atoms with E-state index >= 15 is 0 Å². The first-order valence-corrected chi connectivity index (χ1v) is 11.6. The van der Waals surface area contributed by atoms with Crippen molar-refractivity contribution in [1.29, 1.82) is 0 Å². The fourth-order valence-corrected chi connectivity index (χ4v) is 4.98. The summed E-state index contributed by atoms with van der Waals surface area (Å²) in [7, 11) is -3.68. The quantitative estimate of drug-likeness (QED) is 0.463. The van der Waals surface area contributed by atoms with Crippen LogP contribution in [-0.4, -0.2) is 24.5 Å². The number of nitrogens with one attached hydrogen (secondary N) is 2. The lowest BCUT2D eigenvalue weighted by Crippen LogP contribution is -2.14. The number of sulfonamides is 1. The zero-order chi connectivity index (χ0) is 20.3. The van der Waals surface area contributed by atoms with Crippen molar-refractivity contribution in [2.75, 3.05) is 10.0 Å². The van der Waals surface area contributed by atoms with Crippen LogP contribution in [0.2, 0.25) is 0 Å². The summed E-state index contributed by atoms with van der Waals surface area (Å²) in [5.41, 5.74) is 1.70. The van der Waals surface area contributed by atoms with Gasteiger partial charge in [-0.05, 0) is 47.8 Å². The molecule has 0 aliphatic heterocycles. The highest BCUT2D eigenvalue weighted by molar-refractivity contribution is 7.92. The zero-order valence-electron chi connectivity index (χ0n) is 14.8. The molecule has 0 atom stereocenters. The van der Waals surface area contributed by atoms with Gasteiger partial charge >= 0.3 is 0 Å². The van der Waals surface area contributed by atoms with Crippen LogP contribution in [0, 0.1) is 0 Å². The Kier molecular flexibility index (Phi) is 5.38. The van der Waals surface area contributed by atoms with Crippen LogP contribution in [0.15, 0.2) is 76.3 Å². The normalized spacial score (nSPS) is 11.2. The van der Waals surface area contributed by atoms with Crippen molar-refractivity contribution in [1.82, 2.24) is 10.2 Å². The van der Waals surface area contributed by atoms with Gasteiger partial charge in [-0.3, -0.25) is 14.8 Å². The summed E-state index contributed by atoms with van der Waals surface area (Å²) >= 11 is 2.84. The molecule has 1 amide bonds. The molecule has 2 N–H and O–H groups in total. The van der Waals surface area contributed by atoms with Gasteiger partial charge in [-0.15, -0.1) is 10.2 Å². The van der Waals surface area contributed by atoms with Gasteiger partial charge in [0.1, 0.15) is 5.01 Å². The van der Waals surface area contributed by atoms with E-state index in [9.17, 15) is 13.2 Å². The van der Waals surface area contributed by atoms with Gasteiger partial charge in [-0.25, -0.2) is 8.42 Å². The molecule has 2 aromatic heterocycles. The Morgan fingerprint density at radius 3 is 2.38 bits per heavy atom. The van der Waals surface area contributed by atoms with Gasteiger partial charge in [0.05, 0.1) is 4.90 Å². The SMILES string of the molecule is O=C(Nc1nnc(-c2ccsc2)s1)c1ccc(NS(=O)(=O)c2ccccc2)cc1. The van der Waals surface area contributed by atoms with Crippen molar-refractivity contribution in [3.8, 4) is 10.6 Å². The Balaban J connectivity index is 1.43. The smallest absolute Gasteiger partial charge is 0.261 e. The van der Waals surface area contributed by atoms with Crippen molar-refractivity contribution >= 4 is 49.4 Å². The molecule has 2 heterocycles. The summed E-state index contributed by atoms with van der Waals surface area (Å²) in [6, 6.07) is 16.2. The molecule has 0 aliphatic rings. The first-order valence-electron chi connectivity index (χ1n) is 8.37. The lowest BCUT2D eigenvalue weighted by Gasteiger charge is -2.08. The van der Waals surface area contributed by atoms with E-state index in [-0.39, 0.29) is 10.8 Å². The molecule has 2 aromatic carbocycles. The van der Waals surface area contributed by atoms with Gasteiger partial charge in [0, 0.05) is 22.2 Å². The molecule has 4 rings (SSSR count). The molecule has 0 bridgehead atoms. The molecular weight excluding hydrogens is 428 g/mol. The van der Waals surface area contributed by atoms with Crippen LogP contribution in [0.25, 0.3) is 10.6 Å². The third kappa shape index (κ3) is 4.50. The minimum absolute atomic E-state index is 0.166. The van der Waals surface area contributed by atoms with E-state index in [2.05, 4.69) is 20.2 Å². The van der Waals surface area contributed by atoms with Gasteiger partial charge in [-0.1, -0.05) is 29.5 Å². The van der Waals surface area contributed by atoms with Crippen molar-refractivity contribution in [3.05, 3.63) is 77.0 Å². The van der Waals surface area contributed by atoms with Gasteiger partial charge < -0.3 is 0 Å². The summed E-state index contributed by atoms with van der Waals surface area (Å²) in [6.07, 6.45) is 0. The van der Waals surface area contributed by atoms with Crippen LogP contribution in [0.4, 0.5) is 10.8 Å². The second kappa shape index (κ2) is 8.11. The molecule has 10 heteroatoms. The highest BCUT2D eigenvalue weighted by Crippen LogP contribution is 2.28. The summed E-state index contributed by atoms with van der Waals surface area (Å²) in [6.45, 7) is 0.